The molecule has 0 radical (unpaired) electrons. The average molecular weight is 291 g/mol. The van der Waals surface area contributed by atoms with Crippen LogP contribution in [0.1, 0.15) is 12.5 Å². The standard InChI is InChI=1S/C10H8BrFO4/c1-10(8(13)14,9(15)16)6-4-5(12)2-3-7(6)11/h2-4H,1H3,(H,13,14)(H,15,16). The lowest BCUT2D eigenvalue weighted by atomic mass is 9.82. The van der Waals surface area contributed by atoms with Crippen molar-refractivity contribution in [1.82, 2.24) is 0 Å². The summed E-state index contributed by atoms with van der Waals surface area (Å²) in [5.41, 5.74) is -2.31. The van der Waals surface area contributed by atoms with Crippen LogP contribution in [0.5, 0.6) is 0 Å². The Hall–Kier alpha value is -1.43. The van der Waals surface area contributed by atoms with E-state index < -0.39 is 23.2 Å². The molecule has 0 bridgehead atoms. The van der Waals surface area contributed by atoms with E-state index in [9.17, 15) is 14.0 Å². The molecule has 0 saturated heterocycles. The largest absolute Gasteiger partial charge is 0.480 e. The minimum atomic E-state index is -2.18. The fraction of sp³-hybridized carbons (Fsp3) is 0.200. The molecular formula is C10H8BrFO4. The van der Waals surface area contributed by atoms with Crippen LogP contribution < -0.4 is 0 Å². The van der Waals surface area contributed by atoms with E-state index in [4.69, 9.17) is 10.2 Å². The Bertz CT molecular complexity index is 444. The third-order valence-corrected chi connectivity index (χ3v) is 3.01. The fourth-order valence-corrected chi connectivity index (χ4v) is 1.85. The zero-order valence-electron chi connectivity index (χ0n) is 8.20. The van der Waals surface area contributed by atoms with Crippen LogP contribution in [-0.2, 0) is 15.0 Å². The van der Waals surface area contributed by atoms with Crippen LogP contribution in [0.25, 0.3) is 0 Å². The predicted molar refractivity (Wildman–Crippen MR) is 56.7 cm³/mol. The summed E-state index contributed by atoms with van der Waals surface area (Å²) in [5.74, 6) is -3.79. The van der Waals surface area contributed by atoms with Crippen LogP contribution in [0.3, 0.4) is 0 Å². The van der Waals surface area contributed by atoms with E-state index in [1.807, 2.05) is 0 Å². The maximum absolute atomic E-state index is 13.0. The Kier molecular flexibility index (Phi) is 3.32. The van der Waals surface area contributed by atoms with Gasteiger partial charge in [-0.3, -0.25) is 9.59 Å². The van der Waals surface area contributed by atoms with Crippen molar-refractivity contribution in [1.29, 1.82) is 0 Å². The van der Waals surface area contributed by atoms with Gasteiger partial charge in [-0.1, -0.05) is 15.9 Å². The van der Waals surface area contributed by atoms with Crippen LogP contribution in [0.4, 0.5) is 4.39 Å². The first-order chi connectivity index (χ1) is 7.30. The lowest BCUT2D eigenvalue weighted by Crippen LogP contribution is -2.41. The van der Waals surface area contributed by atoms with Crippen molar-refractivity contribution >= 4 is 27.9 Å². The summed E-state index contributed by atoms with van der Waals surface area (Å²) in [6.07, 6.45) is 0. The molecule has 4 nitrogen and oxygen atoms in total. The first-order valence-corrected chi connectivity index (χ1v) is 5.01. The maximum atomic E-state index is 13.0. The van der Waals surface area contributed by atoms with Crippen molar-refractivity contribution in [3.8, 4) is 0 Å². The Morgan fingerprint density at radius 1 is 1.31 bits per heavy atom. The first-order valence-electron chi connectivity index (χ1n) is 4.22. The van der Waals surface area contributed by atoms with Gasteiger partial charge in [-0.15, -0.1) is 0 Å². The van der Waals surface area contributed by atoms with Gasteiger partial charge in [0, 0.05) is 4.47 Å². The van der Waals surface area contributed by atoms with Crippen LogP contribution in [0.15, 0.2) is 22.7 Å². The summed E-state index contributed by atoms with van der Waals surface area (Å²) in [5, 5.41) is 17.9. The van der Waals surface area contributed by atoms with Gasteiger partial charge in [0.05, 0.1) is 0 Å². The Balaban J connectivity index is 3.49. The molecule has 0 amide bonds. The molecule has 0 atom stereocenters. The van der Waals surface area contributed by atoms with Crippen molar-refractivity contribution < 1.29 is 24.2 Å². The zero-order valence-corrected chi connectivity index (χ0v) is 9.78. The monoisotopic (exact) mass is 290 g/mol. The van der Waals surface area contributed by atoms with Crippen molar-refractivity contribution in [3.63, 3.8) is 0 Å². The molecule has 86 valence electrons. The molecule has 0 aliphatic carbocycles. The molecule has 0 spiro atoms. The van der Waals surface area contributed by atoms with Crippen LogP contribution >= 0.6 is 15.9 Å². The number of halogens is 2. The maximum Gasteiger partial charge on any atom is 0.325 e. The second kappa shape index (κ2) is 4.21. The van der Waals surface area contributed by atoms with E-state index in [-0.39, 0.29) is 10.0 Å². The molecule has 16 heavy (non-hydrogen) atoms. The molecule has 1 aromatic rings. The number of hydrogen-bond donors (Lipinski definition) is 2. The minimum Gasteiger partial charge on any atom is -0.480 e. The molecular weight excluding hydrogens is 283 g/mol. The van der Waals surface area contributed by atoms with Gasteiger partial charge in [0.25, 0.3) is 0 Å². The second-order valence-corrected chi connectivity index (χ2v) is 4.21. The highest BCUT2D eigenvalue weighted by Crippen LogP contribution is 2.31. The van der Waals surface area contributed by atoms with Gasteiger partial charge in [-0.2, -0.15) is 0 Å². The van der Waals surface area contributed by atoms with Gasteiger partial charge in [0.1, 0.15) is 5.82 Å². The molecule has 0 heterocycles. The Morgan fingerprint density at radius 2 is 1.81 bits per heavy atom. The highest BCUT2D eigenvalue weighted by atomic mass is 79.9. The van der Waals surface area contributed by atoms with Gasteiger partial charge in [-0.05, 0) is 30.7 Å². The molecule has 0 saturated carbocycles. The highest BCUT2D eigenvalue weighted by molar-refractivity contribution is 9.10. The molecule has 0 aliphatic heterocycles. The van der Waals surface area contributed by atoms with Crippen LogP contribution in [0.2, 0.25) is 0 Å². The summed E-state index contributed by atoms with van der Waals surface area (Å²) >= 11 is 3.01. The van der Waals surface area contributed by atoms with E-state index in [1.165, 1.54) is 6.07 Å². The SMILES string of the molecule is CC(C(=O)O)(C(=O)O)c1cc(F)ccc1Br. The van der Waals surface area contributed by atoms with E-state index >= 15 is 0 Å². The van der Waals surface area contributed by atoms with Crippen molar-refractivity contribution in [3.05, 3.63) is 34.1 Å². The van der Waals surface area contributed by atoms with Gasteiger partial charge in [0.2, 0.25) is 0 Å². The normalized spacial score (nSPS) is 11.2. The Labute approximate surface area is 98.8 Å². The van der Waals surface area contributed by atoms with Gasteiger partial charge in [-0.25, -0.2) is 4.39 Å². The lowest BCUT2D eigenvalue weighted by molar-refractivity contribution is -0.156. The molecule has 1 rings (SSSR count). The molecule has 2 N–H and O–H groups in total. The molecule has 0 aliphatic rings. The lowest BCUT2D eigenvalue weighted by Gasteiger charge is -2.21. The number of rotatable bonds is 3. The third kappa shape index (κ3) is 1.92. The zero-order chi connectivity index (χ0) is 12.5. The molecule has 1 aromatic carbocycles. The average Bonchev–Trinajstić information content (AvgIpc) is 2.19. The van der Waals surface area contributed by atoms with Gasteiger partial charge >= 0.3 is 11.9 Å². The second-order valence-electron chi connectivity index (χ2n) is 3.36. The van der Waals surface area contributed by atoms with Crippen molar-refractivity contribution in [2.45, 2.75) is 12.3 Å². The van der Waals surface area contributed by atoms with Crippen LogP contribution in [0, 0.1) is 5.82 Å². The highest BCUT2D eigenvalue weighted by Gasteiger charge is 2.45. The minimum absolute atomic E-state index is 0.132. The number of carboxylic acids is 2. The molecule has 0 aromatic heterocycles. The fourth-order valence-electron chi connectivity index (χ4n) is 1.20. The van der Waals surface area contributed by atoms with Crippen molar-refractivity contribution in [2.24, 2.45) is 0 Å². The predicted octanol–water partition coefficient (Wildman–Crippen LogP) is 2.02. The molecule has 0 unspecified atom stereocenters. The summed E-state index contributed by atoms with van der Waals surface area (Å²) in [6, 6.07) is 3.28. The van der Waals surface area contributed by atoms with Gasteiger partial charge < -0.3 is 10.2 Å². The van der Waals surface area contributed by atoms with Gasteiger partial charge in [0.15, 0.2) is 5.41 Å². The van der Waals surface area contributed by atoms with E-state index in [2.05, 4.69) is 15.9 Å². The number of carboxylic acid groups (broad SMARTS) is 2. The summed E-state index contributed by atoms with van der Waals surface area (Å²) < 4.78 is 13.2. The van der Waals surface area contributed by atoms with Crippen LogP contribution in [-0.4, -0.2) is 22.2 Å². The van der Waals surface area contributed by atoms with E-state index in [0.717, 1.165) is 19.1 Å². The smallest absolute Gasteiger partial charge is 0.325 e. The summed E-state index contributed by atoms with van der Waals surface area (Å²) in [7, 11) is 0. The Morgan fingerprint density at radius 3 is 2.25 bits per heavy atom. The first kappa shape index (κ1) is 12.6. The summed E-state index contributed by atoms with van der Waals surface area (Å²) in [4.78, 5) is 22.0. The quantitative estimate of drug-likeness (QED) is 0.835. The molecule has 0 fully saturated rings. The number of carbonyl (C=O) groups is 2. The number of hydrogen-bond acceptors (Lipinski definition) is 2. The number of aliphatic carboxylic acids is 2. The van der Waals surface area contributed by atoms with E-state index in [1.54, 1.807) is 0 Å². The number of benzene rings is 1. The summed E-state index contributed by atoms with van der Waals surface area (Å²) in [6.45, 7) is 1.01. The topological polar surface area (TPSA) is 74.6 Å². The van der Waals surface area contributed by atoms with E-state index in [0.29, 0.717) is 0 Å². The van der Waals surface area contributed by atoms with Crippen molar-refractivity contribution in [2.75, 3.05) is 0 Å². The molecule has 6 heteroatoms. The third-order valence-electron chi connectivity index (χ3n) is 2.32.